The summed E-state index contributed by atoms with van der Waals surface area (Å²) in [5.41, 5.74) is 0.0777. The molecule has 0 rings (SSSR count). The first kappa shape index (κ1) is 15.2. The summed E-state index contributed by atoms with van der Waals surface area (Å²) in [5, 5.41) is 3.32. The maximum atomic E-state index is 11.8. The largest absolute Gasteiger partial charge is 0.339 e. The first-order chi connectivity index (χ1) is 7.40. The van der Waals surface area contributed by atoms with E-state index < -0.39 is 0 Å². The number of hydrogen-bond donors (Lipinski definition) is 1. The Bertz CT molecular complexity index is 218. The van der Waals surface area contributed by atoms with Gasteiger partial charge >= 0.3 is 0 Å². The molecule has 94 valence electrons. The highest BCUT2D eigenvalue weighted by atomic mass is 16.2. The quantitative estimate of drug-likeness (QED) is 0.675. The summed E-state index contributed by atoms with van der Waals surface area (Å²) in [6.45, 7) is 14.3. The molecule has 0 unspecified atom stereocenters. The molecule has 3 heteroatoms. The van der Waals surface area contributed by atoms with Crippen LogP contribution in [-0.2, 0) is 4.79 Å². The van der Waals surface area contributed by atoms with Crippen LogP contribution in [0.2, 0.25) is 0 Å². The summed E-state index contributed by atoms with van der Waals surface area (Å²) < 4.78 is 0. The molecule has 0 aliphatic heterocycles. The molecule has 0 aliphatic rings. The molecular weight excluding hydrogens is 200 g/mol. The molecule has 0 saturated carbocycles. The molecule has 0 aromatic rings. The molecule has 0 aromatic heterocycles. The highest BCUT2D eigenvalue weighted by Gasteiger charge is 2.13. The number of rotatable bonds is 7. The first-order valence-electron chi connectivity index (χ1n) is 6.04. The molecule has 3 nitrogen and oxygen atoms in total. The molecule has 0 aromatic carbocycles. The van der Waals surface area contributed by atoms with E-state index in [1.807, 2.05) is 4.90 Å². The Kier molecular flexibility index (Phi) is 7.06. The Balaban J connectivity index is 3.96. The zero-order valence-corrected chi connectivity index (χ0v) is 11.2. The van der Waals surface area contributed by atoms with E-state index >= 15 is 0 Å². The molecule has 0 saturated heterocycles. The van der Waals surface area contributed by atoms with E-state index in [0.29, 0.717) is 13.0 Å². The van der Waals surface area contributed by atoms with Crippen molar-refractivity contribution in [1.82, 2.24) is 10.2 Å². The molecule has 0 bridgehead atoms. The molecule has 16 heavy (non-hydrogen) atoms. The fraction of sp³-hybridized carbons (Fsp3) is 0.769. The van der Waals surface area contributed by atoms with Crippen molar-refractivity contribution in [3.05, 3.63) is 12.7 Å². The Morgan fingerprint density at radius 3 is 2.50 bits per heavy atom. The lowest BCUT2D eigenvalue weighted by atomic mass is 10.1. The van der Waals surface area contributed by atoms with Crippen LogP contribution in [0, 0.1) is 0 Å². The number of nitrogens with one attached hydrogen (secondary N) is 1. The van der Waals surface area contributed by atoms with Gasteiger partial charge in [0.25, 0.3) is 0 Å². The summed E-state index contributed by atoms with van der Waals surface area (Å²) in [6, 6.07) is 0. The second-order valence-electron chi connectivity index (χ2n) is 5.06. The standard InChI is InChI=1S/C13H26N2O/c1-6-10-15(11-7-2)12(16)8-9-14-13(3,4)5/h6,14H,1,7-11H2,2-5H3. The molecule has 0 spiro atoms. The lowest BCUT2D eigenvalue weighted by Gasteiger charge is -2.23. The van der Waals surface area contributed by atoms with E-state index in [4.69, 9.17) is 0 Å². The normalized spacial score (nSPS) is 11.2. The average molecular weight is 226 g/mol. The first-order valence-corrected chi connectivity index (χ1v) is 6.04. The molecule has 0 aliphatic carbocycles. The summed E-state index contributed by atoms with van der Waals surface area (Å²) in [4.78, 5) is 13.7. The fourth-order valence-corrected chi connectivity index (χ4v) is 1.45. The van der Waals surface area contributed by atoms with E-state index in [1.54, 1.807) is 6.08 Å². The molecule has 1 N–H and O–H groups in total. The molecule has 0 radical (unpaired) electrons. The van der Waals surface area contributed by atoms with Gasteiger partial charge in [0.05, 0.1) is 0 Å². The molecule has 0 atom stereocenters. The second kappa shape index (κ2) is 7.44. The second-order valence-corrected chi connectivity index (χ2v) is 5.06. The van der Waals surface area contributed by atoms with Crippen molar-refractivity contribution < 1.29 is 4.79 Å². The number of carbonyl (C=O) groups excluding carboxylic acids is 1. The van der Waals surface area contributed by atoms with Gasteiger partial charge in [0.2, 0.25) is 5.91 Å². The average Bonchev–Trinajstić information content (AvgIpc) is 2.15. The van der Waals surface area contributed by atoms with Crippen molar-refractivity contribution in [2.24, 2.45) is 0 Å². The highest BCUT2D eigenvalue weighted by Crippen LogP contribution is 2.00. The number of hydrogen-bond acceptors (Lipinski definition) is 2. The third-order valence-corrected chi connectivity index (χ3v) is 2.19. The third-order valence-electron chi connectivity index (χ3n) is 2.19. The predicted molar refractivity (Wildman–Crippen MR) is 69.4 cm³/mol. The van der Waals surface area contributed by atoms with Crippen molar-refractivity contribution >= 4 is 5.91 Å². The predicted octanol–water partition coefficient (Wildman–Crippen LogP) is 2.19. The van der Waals surface area contributed by atoms with Gasteiger partial charge < -0.3 is 10.2 Å². The van der Waals surface area contributed by atoms with Crippen molar-refractivity contribution in [1.29, 1.82) is 0 Å². The summed E-state index contributed by atoms with van der Waals surface area (Å²) >= 11 is 0. The lowest BCUT2D eigenvalue weighted by Crippen LogP contribution is -2.39. The van der Waals surface area contributed by atoms with Crippen LogP contribution in [0.15, 0.2) is 12.7 Å². The van der Waals surface area contributed by atoms with Gasteiger partial charge in [0.15, 0.2) is 0 Å². The minimum atomic E-state index is 0.0777. The zero-order valence-electron chi connectivity index (χ0n) is 11.2. The van der Waals surface area contributed by atoms with Crippen LogP contribution in [0.1, 0.15) is 40.5 Å². The Morgan fingerprint density at radius 1 is 1.44 bits per heavy atom. The Labute approximate surface area is 99.9 Å². The van der Waals surface area contributed by atoms with Gasteiger partial charge in [-0.15, -0.1) is 6.58 Å². The maximum absolute atomic E-state index is 11.8. The van der Waals surface area contributed by atoms with Gasteiger partial charge in [-0.3, -0.25) is 4.79 Å². The van der Waals surface area contributed by atoms with Gasteiger partial charge in [-0.1, -0.05) is 13.0 Å². The van der Waals surface area contributed by atoms with Crippen LogP contribution in [0.5, 0.6) is 0 Å². The van der Waals surface area contributed by atoms with E-state index in [2.05, 4.69) is 39.6 Å². The van der Waals surface area contributed by atoms with Gasteiger partial charge in [-0.25, -0.2) is 0 Å². The minimum absolute atomic E-state index is 0.0777. The van der Waals surface area contributed by atoms with Gasteiger partial charge in [0, 0.05) is 31.6 Å². The lowest BCUT2D eigenvalue weighted by molar-refractivity contribution is -0.130. The Morgan fingerprint density at radius 2 is 2.06 bits per heavy atom. The number of amides is 1. The summed E-state index contributed by atoms with van der Waals surface area (Å²) in [7, 11) is 0. The fourth-order valence-electron chi connectivity index (χ4n) is 1.45. The molecular formula is C13H26N2O. The van der Waals surface area contributed by atoms with Crippen LogP contribution in [0.25, 0.3) is 0 Å². The van der Waals surface area contributed by atoms with Crippen LogP contribution in [0.3, 0.4) is 0 Å². The minimum Gasteiger partial charge on any atom is -0.339 e. The smallest absolute Gasteiger partial charge is 0.224 e. The van der Waals surface area contributed by atoms with E-state index in [1.165, 1.54) is 0 Å². The monoisotopic (exact) mass is 226 g/mol. The van der Waals surface area contributed by atoms with Crippen molar-refractivity contribution in [2.75, 3.05) is 19.6 Å². The van der Waals surface area contributed by atoms with Crippen LogP contribution in [-0.4, -0.2) is 36.0 Å². The number of nitrogens with zero attached hydrogens (tertiary/aromatic N) is 1. The van der Waals surface area contributed by atoms with E-state index in [-0.39, 0.29) is 11.4 Å². The van der Waals surface area contributed by atoms with Gasteiger partial charge in [-0.2, -0.15) is 0 Å². The SMILES string of the molecule is C=CCN(CCC)C(=O)CCNC(C)(C)C. The van der Waals surface area contributed by atoms with Crippen molar-refractivity contribution in [2.45, 2.75) is 46.1 Å². The van der Waals surface area contributed by atoms with Gasteiger partial charge in [0.1, 0.15) is 0 Å². The molecule has 0 fully saturated rings. The molecule has 1 amide bonds. The van der Waals surface area contributed by atoms with Crippen molar-refractivity contribution in [3.8, 4) is 0 Å². The molecule has 0 heterocycles. The summed E-state index contributed by atoms with van der Waals surface area (Å²) in [6.07, 6.45) is 3.34. The van der Waals surface area contributed by atoms with Crippen LogP contribution in [0.4, 0.5) is 0 Å². The maximum Gasteiger partial charge on any atom is 0.224 e. The number of carbonyl (C=O) groups is 1. The summed E-state index contributed by atoms with van der Waals surface area (Å²) in [5.74, 6) is 0.207. The van der Waals surface area contributed by atoms with Crippen LogP contribution < -0.4 is 5.32 Å². The topological polar surface area (TPSA) is 32.3 Å². The third kappa shape index (κ3) is 7.46. The van der Waals surface area contributed by atoms with Gasteiger partial charge in [-0.05, 0) is 27.2 Å². The van der Waals surface area contributed by atoms with E-state index in [0.717, 1.165) is 19.5 Å². The zero-order chi connectivity index (χ0) is 12.6. The van der Waals surface area contributed by atoms with Crippen molar-refractivity contribution in [3.63, 3.8) is 0 Å². The highest BCUT2D eigenvalue weighted by molar-refractivity contribution is 5.76. The Hall–Kier alpha value is -0.830. The van der Waals surface area contributed by atoms with Crippen LogP contribution >= 0.6 is 0 Å². The van der Waals surface area contributed by atoms with E-state index in [9.17, 15) is 4.79 Å².